The summed E-state index contributed by atoms with van der Waals surface area (Å²) in [5, 5.41) is 0. The van der Waals surface area contributed by atoms with E-state index in [1.165, 1.54) is 212 Å². The zero-order valence-corrected chi connectivity index (χ0v) is 46.3. The molecule has 0 spiro atoms. The predicted octanol–water partition coefficient (Wildman–Crippen LogP) is 20.4. The summed E-state index contributed by atoms with van der Waals surface area (Å²) >= 11 is 0. The van der Waals surface area contributed by atoms with E-state index in [0.717, 1.165) is 77.0 Å². The fourth-order valence-corrected chi connectivity index (χ4v) is 9.04. The van der Waals surface area contributed by atoms with Crippen molar-refractivity contribution in [1.29, 1.82) is 0 Å². The molecule has 69 heavy (non-hydrogen) atoms. The van der Waals surface area contributed by atoms with Gasteiger partial charge >= 0.3 is 17.9 Å². The number of esters is 3. The molecule has 0 aliphatic carbocycles. The van der Waals surface area contributed by atoms with E-state index < -0.39 is 6.10 Å². The SMILES string of the molecule is CCCCC/C=C\C/C=C\C/C=C\CCCCCCCCC(=O)OC[C@@H](COC(=O)CCCCCCCCCCCCCCCCCC)OC(=O)CCCCCCCCCCCCCCCCCC. The van der Waals surface area contributed by atoms with Gasteiger partial charge in [-0.3, -0.25) is 14.4 Å². The smallest absolute Gasteiger partial charge is 0.306 e. The second-order valence-corrected chi connectivity index (χ2v) is 20.6. The summed E-state index contributed by atoms with van der Waals surface area (Å²) in [4.78, 5) is 38.2. The Morgan fingerprint density at radius 1 is 0.290 bits per heavy atom. The van der Waals surface area contributed by atoms with Crippen molar-refractivity contribution in [2.75, 3.05) is 13.2 Å². The van der Waals surface area contributed by atoms with E-state index in [0.29, 0.717) is 19.3 Å². The Balaban J connectivity index is 4.35. The van der Waals surface area contributed by atoms with Crippen molar-refractivity contribution in [1.82, 2.24) is 0 Å². The molecular formula is C63H116O6. The predicted molar refractivity (Wildman–Crippen MR) is 298 cm³/mol. The van der Waals surface area contributed by atoms with Gasteiger partial charge < -0.3 is 14.2 Å². The van der Waals surface area contributed by atoms with Crippen molar-refractivity contribution < 1.29 is 28.6 Å². The Morgan fingerprint density at radius 3 is 0.841 bits per heavy atom. The van der Waals surface area contributed by atoms with Crippen LogP contribution in [0.5, 0.6) is 0 Å². The van der Waals surface area contributed by atoms with Gasteiger partial charge in [0.25, 0.3) is 0 Å². The van der Waals surface area contributed by atoms with Crippen LogP contribution in [0.15, 0.2) is 36.5 Å². The molecule has 0 radical (unpaired) electrons. The molecular weight excluding hydrogens is 853 g/mol. The number of unbranched alkanes of at least 4 members (excludes halogenated alkanes) is 39. The van der Waals surface area contributed by atoms with Crippen molar-refractivity contribution >= 4 is 17.9 Å². The second-order valence-electron chi connectivity index (χ2n) is 20.6. The molecule has 0 aliphatic rings. The summed E-state index contributed by atoms with van der Waals surface area (Å²) in [6.07, 6.45) is 69.9. The zero-order chi connectivity index (χ0) is 50.0. The van der Waals surface area contributed by atoms with Gasteiger partial charge in [-0.1, -0.05) is 288 Å². The number of hydrogen-bond donors (Lipinski definition) is 0. The average Bonchev–Trinajstić information content (AvgIpc) is 3.35. The van der Waals surface area contributed by atoms with Crippen LogP contribution >= 0.6 is 0 Å². The highest BCUT2D eigenvalue weighted by atomic mass is 16.6. The van der Waals surface area contributed by atoms with E-state index in [-0.39, 0.29) is 31.1 Å². The van der Waals surface area contributed by atoms with Crippen LogP contribution in [0.3, 0.4) is 0 Å². The quantitative estimate of drug-likeness (QED) is 0.0261. The molecule has 0 rings (SSSR count). The van der Waals surface area contributed by atoms with Gasteiger partial charge in [-0.05, 0) is 57.8 Å². The lowest BCUT2D eigenvalue weighted by Crippen LogP contribution is -2.30. The molecule has 0 saturated carbocycles. The molecule has 0 saturated heterocycles. The number of allylic oxidation sites excluding steroid dienone is 6. The molecule has 1 atom stereocenters. The van der Waals surface area contributed by atoms with Crippen LogP contribution in [0.25, 0.3) is 0 Å². The van der Waals surface area contributed by atoms with E-state index >= 15 is 0 Å². The lowest BCUT2D eigenvalue weighted by atomic mass is 10.0. The minimum absolute atomic E-state index is 0.0710. The Kier molecular flexibility index (Phi) is 56.2. The van der Waals surface area contributed by atoms with Gasteiger partial charge in [0.05, 0.1) is 0 Å². The number of ether oxygens (including phenoxy) is 3. The molecule has 0 heterocycles. The molecule has 0 N–H and O–H groups in total. The maximum absolute atomic E-state index is 12.9. The highest BCUT2D eigenvalue weighted by molar-refractivity contribution is 5.71. The van der Waals surface area contributed by atoms with Crippen molar-refractivity contribution in [2.45, 2.75) is 335 Å². The number of carbonyl (C=O) groups is 3. The Hall–Kier alpha value is -2.37. The molecule has 0 aromatic carbocycles. The Morgan fingerprint density at radius 2 is 0.522 bits per heavy atom. The first-order valence-electron chi connectivity index (χ1n) is 30.5. The Labute approximate surface area is 429 Å². The van der Waals surface area contributed by atoms with Crippen LogP contribution < -0.4 is 0 Å². The van der Waals surface area contributed by atoms with Gasteiger partial charge in [-0.2, -0.15) is 0 Å². The number of hydrogen-bond acceptors (Lipinski definition) is 6. The van der Waals surface area contributed by atoms with Crippen molar-refractivity contribution in [3.8, 4) is 0 Å². The zero-order valence-electron chi connectivity index (χ0n) is 46.3. The maximum atomic E-state index is 12.9. The fraction of sp³-hybridized carbons (Fsp3) is 0.857. The second kappa shape index (κ2) is 58.2. The van der Waals surface area contributed by atoms with Gasteiger partial charge in [-0.25, -0.2) is 0 Å². The van der Waals surface area contributed by atoms with Gasteiger partial charge in [-0.15, -0.1) is 0 Å². The van der Waals surface area contributed by atoms with Crippen LogP contribution in [-0.2, 0) is 28.6 Å². The summed E-state index contributed by atoms with van der Waals surface area (Å²) in [5.74, 6) is -0.861. The minimum atomic E-state index is -0.774. The first kappa shape index (κ1) is 66.6. The van der Waals surface area contributed by atoms with E-state index in [1.54, 1.807) is 0 Å². The third-order valence-corrected chi connectivity index (χ3v) is 13.6. The molecule has 404 valence electrons. The molecule has 0 bridgehead atoms. The van der Waals surface area contributed by atoms with Crippen LogP contribution in [-0.4, -0.2) is 37.2 Å². The van der Waals surface area contributed by atoms with Crippen molar-refractivity contribution in [3.05, 3.63) is 36.5 Å². The normalized spacial score (nSPS) is 12.2. The van der Waals surface area contributed by atoms with Crippen LogP contribution in [0.4, 0.5) is 0 Å². The molecule has 0 aliphatic heterocycles. The van der Waals surface area contributed by atoms with E-state index in [4.69, 9.17) is 14.2 Å². The topological polar surface area (TPSA) is 78.9 Å². The van der Waals surface area contributed by atoms with Crippen molar-refractivity contribution in [2.24, 2.45) is 0 Å². The molecule has 0 amide bonds. The average molecular weight is 970 g/mol. The summed E-state index contributed by atoms with van der Waals surface area (Å²) in [5.41, 5.74) is 0. The van der Waals surface area contributed by atoms with Gasteiger partial charge in [0, 0.05) is 19.3 Å². The van der Waals surface area contributed by atoms with Crippen LogP contribution in [0.2, 0.25) is 0 Å². The summed E-state index contributed by atoms with van der Waals surface area (Å²) in [7, 11) is 0. The van der Waals surface area contributed by atoms with E-state index in [9.17, 15) is 14.4 Å². The minimum Gasteiger partial charge on any atom is -0.462 e. The lowest BCUT2D eigenvalue weighted by Gasteiger charge is -2.18. The van der Waals surface area contributed by atoms with Gasteiger partial charge in [0.15, 0.2) is 6.10 Å². The molecule has 0 fully saturated rings. The molecule has 0 unspecified atom stereocenters. The molecule has 6 nitrogen and oxygen atoms in total. The maximum Gasteiger partial charge on any atom is 0.306 e. The number of rotatable bonds is 56. The molecule has 0 aromatic rings. The van der Waals surface area contributed by atoms with Gasteiger partial charge in [0.1, 0.15) is 13.2 Å². The highest BCUT2D eigenvalue weighted by Gasteiger charge is 2.19. The number of carbonyl (C=O) groups excluding carboxylic acids is 3. The molecule has 6 heteroatoms. The third-order valence-electron chi connectivity index (χ3n) is 13.6. The highest BCUT2D eigenvalue weighted by Crippen LogP contribution is 2.17. The third kappa shape index (κ3) is 56.4. The van der Waals surface area contributed by atoms with E-state index in [1.807, 2.05) is 0 Å². The monoisotopic (exact) mass is 969 g/mol. The van der Waals surface area contributed by atoms with Crippen LogP contribution in [0, 0.1) is 0 Å². The standard InChI is InChI=1S/C63H116O6/c1-4-7-10-13-16-19-22-25-28-31-32-33-36-38-41-44-47-50-53-56-62(65)68-59-60(69-63(66)57-54-51-48-45-42-39-35-30-27-24-21-18-15-12-9-6-3)58-67-61(64)55-52-49-46-43-40-37-34-29-26-23-20-17-14-11-8-5-2/h16,19,25,28,32-33,60H,4-15,17-18,20-24,26-27,29-31,34-59H2,1-3H3/b19-16-,28-25-,33-32-/t60-/m1/s1. The van der Waals surface area contributed by atoms with Gasteiger partial charge in [0.2, 0.25) is 0 Å². The Bertz CT molecular complexity index is 1160. The van der Waals surface area contributed by atoms with E-state index in [2.05, 4.69) is 57.2 Å². The molecule has 0 aromatic heterocycles. The first-order valence-corrected chi connectivity index (χ1v) is 30.5. The van der Waals surface area contributed by atoms with Crippen LogP contribution in [0.1, 0.15) is 329 Å². The first-order chi connectivity index (χ1) is 34.0. The van der Waals surface area contributed by atoms with Crippen molar-refractivity contribution in [3.63, 3.8) is 0 Å². The summed E-state index contributed by atoms with van der Waals surface area (Å²) in [6, 6.07) is 0. The summed E-state index contributed by atoms with van der Waals surface area (Å²) in [6.45, 7) is 6.66. The largest absolute Gasteiger partial charge is 0.462 e. The lowest BCUT2D eigenvalue weighted by molar-refractivity contribution is -0.167. The fourth-order valence-electron chi connectivity index (χ4n) is 9.04. The summed E-state index contributed by atoms with van der Waals surface area (Å²) < 4.78 is 16.9.